The van der Waals surface area contributed by atoms with E-state index in [-0.39, 0.29) is 0 Å². The largest absolute Gasteiger partial charge is 0.497 e. The molecule has 3 rings (SSSR count). The van der Waals surface area contributed by atoms with Crippen molar-refractivity contribution in [2.75, 3.05) is 26.7 Å². The van der Waals surface area contributed by atoms with Crippen molar-refractivity contribution >= 4 is 23.7 Å². The number of aromatic nitrogens is 2. The summed E-state index contributed by atoms with van der Waals surface area (Å²) in [5.74, 6) is 2.56. The van der Waals surface area contributed by atoms with Gasteiger partial charge in [-0.1, -0.05) is 0 Å². The van der Waals surface area contributed by atoms with Crippen LogP contribution in [0.1, 0.15) is 18.7 Å². The summed E-state index contributed by atoms with van der Waals surface area (Å²) in [6, 6.07) is 6.09. The van der Waals surface area contributed by atoms with E-state index in [0.29, 0.717) is 5.75 Å². The highest BCUT2D eigenvalue weighted by atomic mass is 32.1. The van der Waals surface area contributed by atoms with Gasteiger partial charge in [-0.25, -0.2) is 4.98 Å². The van der Waals surface area contributed by atoms with Gasteiger partial charge in [0.2, 0.25) is 0 Å². The van der Waals surface area contributed by atoms with Crippen LogP contribution in [0.5, 0.6) is 5.75 Å². The molecule has 1 aliphatic rings. The number of imidazole rings is 1. The lowest BCUT2D eigenvalue weighted by atomic mass is 10.3. The number of fused-ring (bicyclic) bond motifs is 1. The SMILES string of the molecule is COc1ccc2c(c1)nc(CS)n2CCN1CCCC1. The molecule has 108 valence electrons. The van der Waals surface area contributed by atoms with Crippen LogP contribution in [0.25, 0.3) is 11.0 Å². The van der Waals surface area contributed by atoms with Crippen molar-refractivity contribution in [3.05, 3.63) is 24.0 Å². The van der Waals surface area contributed by atoms with E-state index in [0.717, 1.165) is 30.2 Å². The number of ether oxygens (including phenoxy) is 1. The van der Waals surface area contributed by atoms with Crippen molar-refractivity contribution in [3.63, 3.8) is 0 Å². The van der Waals surface area contributed by atoms with E-state index in [2.05, 4.69) is 33.1 Å². The number of benzene rings is 1. The van der Waals surface area contributed by atoms with Crippen molar-refractivity contribution in [1.29, 1.82) is 0 Å². The molecule has 0 aliphatic carbocycles. The molecule has 0 saturated carbocycles. The molecule has 1 aromatic heterocycles. The highest BCUT2D eigenvalue weighted by Crippen LogP contribution is 2.23. The molecule has 1 aromatic carbocycles. The van der Waals surface area contributed by atoms with E-state index < -0.39 is 0 Å². The van der Waals surface area contributed by atoms with E-state index in [1.54, 1.807) is 7.11 Å². The smallest absolute Gasteiger partial charge is 0.121 e. The predicted octanol–water partition coefficient (Wildman–Crippen LogP) is 2.57. The lowest BCUT2D eigenvalue weighted by Gasteiger charge is -2.16. The number of thiol groups is 1. The lowest BCUT2D eigenvalue weighted by molar-refractivity contribution is 0.323. The minimum atomic E-state index is 0.664. The van der Waals surface area contributed by atoms with Crippen LogP contribution in [0.2, 0.25) is 0 Å². The van der Waals surface area contributed by atoms with Crippen LogP contribution in [-0.4, -0.2) is 41.2 Å². The molecule has 2 heterocycles. The summed E-state index contributed by atoms with van der Waals surface area (Å²) in [6.45, 7) is 4.55. The second-order valence-electron chi connectivity index (χ2n) is 5.24. The van der Waals surface area contributed by atoms with Gasteiger partial charge in [0.05, 0.1) is 18.1 Å². The summed E-state index contributed by atoms with van der Waals surface area (Å²) in [4.78, 5) is 7.20. The number of likely N-dealkylation sites (tertiary alicyclic amines) is 1. The Bertz CT molecular complexity index is 590. The van der Waals surface area contributed by atoms with Gasteiger partial charge in [-0.15, -0.1) is 0 Å². The van der Waals surface area contributed by atoms with Crippen LogP contribution in [-0.2, 0) is 12.3 Å². The molecule has 1 saturated heterocycles. The molecule has 0 amide bonds. The Morgan fingerprint density at radius 1 is 1.25 bits per heavy atom. The molecule has 4 nitrogen and oxygen atoms in total. The Labute approximate surface area is 125 Å². The number of rotatable bonds is 5. The predicted molar refractivity (Wildman–Crippen MR) is 84.6 cm³/mol. The van der Waals surface area contributed by atoms with Gasteiger partial charge in [-0.05, 0) is 38.1 Å². The maximum atomic E-state index is 5.27. The standard InChI is InChI=1S/C15H21N3OS/c1-19-12-4-5-14-13(10-12)16-15(11-20)18(14)9-8-17-6-2-3-7-17/h4-5,10,20H,2-3,6-9,11H2,1H3. The molecule has 0 atom stereocenters. The molecule has 5 heteroatoms. The van der Waals surface area contributed by atoms with Gasteiger partial charge in [0.1, 0.15) is 11.6 Å². The molecule has 0 spiro atoms. The van der Waals surface area contributed by atoms with Crippen LogP contribution in [0.4, 0.5) is 0 Å². The second-order valence-corrected chi connectivity index (χ2v) is 5.56. The summed E-state index contributed by atoms with van der Waals surface area (Å²) >= 11 is 4.41. The van der Waals surface area contributed by atoms with Crippen LogP contribution in [0.15, 0.2) is 18.2 Å². The van der Waals surface area contributed by atoms with Gasteiger partial charge in [0.15, 0.2) is 0 Å². The Hall–Kier alpha value is -1.20. The fraction of sp³-hybridized carbons (Fsp3) is 0.533. The van der Waals surface area contributed by atoms with Crippen molar-refractivity contribution in [2.45, 2.75) is 25.1 Å². The molecular formula is C15H21N3OS. The molecule has 1 fully saturated rings. The van der Waals surface area contributed by atoms with Gasteiger partial charge in [-0.2, -0.15) is 12.6 Å². The van der Waals surface area contributed by atoms with Crippen LogP contribution >= 0.6 is 12.6 Å². The van der Waals surface area contributed by atoms with Crippen LogP contribution < -0.4 is 4.74 Å². The normalized spacial score (nSPS) is 16.1. The zero-order valence-corrected chi connectivity index (χ0v) is 12.8. The van der Waals surface area contributed by atoms with E-state index in [4.69, 9.17) is 4.74 Å². The Morgan fingerprint density at radius 3 is 2.75 bits per heavy atom. The maximum absolute atomic E-state index is 5.27. The first-order valence-electron chi connectivity index (χ1n) is 7.18. The summed E-state index contributed by atoms with van der Waals surface area (Å²) in [7, 11) is 1.69. The maximum Gasteiger partial charge on any atom is 0.121 e. The minimum Gasteiger partial charge on any atom is -0.497 e. The Balaban J connectivity index is 1.87. The zero-order valence-electron chi connectivity index (χ0n) is 11.9. The zero-order chi connectivity index (χ0) is 13.9. The summed E-state index contributed by atoms with van der Waals surface area (Å²) < 4.78 is 7.56. The molecule has 2 aromatic rings. The second kappa shape index (κ2) is 6.06. The minimum absolute atomic E-state index is 0.664. The summed E-state index contributed by atoms with van der Waals surface area (Å²) in [6.07, 6.45) is 2.67. The number of hydrogen-bond acceptors (Lipinski definition) is 4. The number of nitrogens with zero attached hydrogens (tertiary/aromatic N) is 3. The molecule has 1 aliphatic heterocycles. The number of methoxy groups -OCH3 is 1. The lowest BCUT2D eigenvalue weighted by Crippen LogP contribution is -2.24. The number of hydrogen-bond donors (Lipinski definition) is 1. The van der Waals surface area contributed by atoms with Crippen molar-refractivity contribution in [1.82, 2.24) is 14.5 Å². The summed E-state index contributed by atoms with van der Waals surface area (Å²) in [5, 5.41) is 0. The van der Waals surface area contributed by atoms with E-state index >= 15 is 0 Å². The highest BCUT2D eigenvalue weighted by Gasteiger charge is 2.14. The monoisotopic (exact) mass is 291 g/mol. The third-order valence-electron chi connectivity index (χ3n) is 4.01. The van der Waals surface area contributed by atoms with Crippen LogP contribution in [0, 0.1) is 0 Å². The fourth-order valence-electron chi connectivity index (χ4n) is 2.90. The van der Waals surface area contributed by atoms with Gasteiger partial charge in [-0.3, -0.25) is 0 Å². The van der Waals surface area contributed by atoms with Crippen molar-refractivity contribution in [3.8, 4) is 5.75 Å². The Kier molecular flexibility index (Phi) is 4.17. The highest BCUT2D eigenvalue weighted by molar-refractivity contribution is 7.79. The van der Waals surface area contributed by atoms with Gasteiger partial charge in [0, 0.05) is 24.9 Å². The fourth-order valence-corrected chi connectivity index (χ4v) is 3.15. The van der Waals surface area contributed by atoms with Crippen molar-refractivity contribution < 1.29 is 4.74 Å². The van der Waals surface area contributed by atoms with Crippen molar-refractivity contribution in [2.24, 2.45) is 0 Å². The first-order chi connectivity index (χ1) is 9.81. The summed E-state index contributed by atoms with van der Waals surface area (Å²) in [5.41, 5.74) is 2.17. The van der Waals surface area contributed by atoms with Gasteiger partial charge in [0.25, 0.3) is 0 Å². The third kappa shape index (κ3) is 2.65. The van der Waals surface area contributed by atoms with E-state index in [1.807, 2.05) is 12.1 Å². The van der Waals surface area contributed by atoms with Crippen LogP contribution in [0.3, 0.4) is 0 Å². The average molecular weight is 291 g/mol. The quantitative estimate of drug-likeness (QED) is 0.859. The topological polar surface area (TPSA) is 30.3 Å². The van der Waals surface area contributed by atoms with Gasteiger partial charge >= 0.3 is 0 Å². The van der Waals surface area contributed by atoms with E-state index in [9.17, 15) is 0 Å². The Morgan fingerprint density at radius 2 is 2.05 bits per heavy atom. The molecule has 20 heavy (non-hydrogen) atoms. The van der Waals surface area contributed by atoms with E-state index in [1.165, 1.54) is 31.4 Å². The third-order valence-corrected chi connectivity index (χ3v) is 4.30. The molecule has 0 N–H and O–H groups in total. The first kappa shape index (κ1) is 13.8. The molecule has 0 bridgehead atoms. The average Bonchev–Trinajstić information content (AvgIpc) is 3.11. The first-order valence-corrected chi connectivity index (χ1v) is 7.81. The molecule has 0 radical (unpaired) electrons. The van der Waals surface area contributed by atoms with Gasteiger partial charge < -0.3 is 14.2 Å². The molecule has 0 unspecified atom stereocenters. The molecular weight excluding hydrogens is 270 g/mol.